The summed E-state index contributed by atoms with van der Waals surface area (Å²) >= 11 is 0. The SMILES string of the molecule is COc1ccc(C(C)NS(=O)(=O)c2cccc3ccccc23)cc1. The molecule has 24 heavy (non-hydrogen) atoms. The molecule has 1 N–H and O–H groups in total. The van der Waals surface area contributed by atoms with Crippen LogP contribution in [0.3, 0.4) is 0 Å². The second-order valence-electron chi connectivity index (χ2n) is 5.59. The molecule has 4 nitrogen and oxygen atoms in total. The Kier molecular flexibility index (Phi) is 4.55. The van der Waals surface area contributed by atoms with Crippen molar-refractivity contribution < 1.29 is 13.2 Å². The number of methoxy groups -OCH3 is 1. The monoisotopic (exact) mass is 341 g/mol. The summed E-state index contributed by atoms with van der Waals surface area (Å²) in [6.45, 7) is 1.82. The molecule has 3 aromatic rings. The maximum atomic E-state index is 12.8. The normalized spacial score (nSPS) is 12.9. The molecule has 3 aromatic carbocycles. The molecule has 0 aliphatic carbocycles. The minimum absolute atomic E-state index is 0.293. The minimum Gasteiger partial charge on any atom is -0.497 e. The second-order valence-corrected chi connectivity index (χ2v) is 7.28. The highest BCUT2D eigenvalue weighted by atomic mass is 32.2. The van der Waals surface area contributed by atoms with Gasteiger partial charge >= 0.3 is 0 Å². The molecule has 0 aromatic heterocycles. The molecule has 0 amide bonds. The molecule has 0 saturated heterocycles. The van der Waals surface area contributed by atoms with Crippen molar-refractivity contribution in [3.63, 3.8) is 0 Å². The predicted molar refractivity (Wildman–Crippen MR) is 95.7 cm³/mol. The van der Waals surface area contributed by atoms with E-state index in [1.54, 1.807) is 19.2 Å². The highest BCUT2D eigenvalue weighted by Crippen LogP contribution is 2.25. The first kappa shape index (κ1) is 16.5. The van der Waals surface area contributed by atoms with Gasteiger partial charge in [0.15, 0.2) is 0 Å². The number of rotatable bonds is 5. The van der Waals surface area contributed by atoms with Crippen molar-refractivity contribution in [2.45, 2.75) is 17.9 Å². The highest BCUT2D eigenvalue weighted by Gasteiger charge is 2.20. The average molecular weight is 341 g/mol. The Morgan fingerprint density at radius 2 is 1.58 bits per heavy atom. The number of fused-ring (bicyclic) bond motifs is 1. The molecule has 0 fully saturated rings. The molecule has 3 rings (SSSR count). The summed E-state index contributed by atoms with van der Waals surface area (Å²) < 4.78 is 33.5. The van der Waals surface area contributed by atoms with Crippen molar-refractivity contribution in [2.75, 3.05) is 7.11 Å². The second kappa shape index (κ2) is 6.63. The van der Waals surface area contributed by atoms with Gasteiger partial charge in [0.05, 0.1) is 12.0 Å². The maximum Gasteiger partial charge on any atom is 0.241 e. The first-order valence-electron chi connectivity index (χ1n) is 7.65. The molecule has 1 atom stereocenters. The summed E-state index contributed by atoms with van der Waals surface area (Å²) in [4.78, 5) is 0.293. The Labute approximate surface area is 142 Å². The van der Waals surface area contributed by atoms with Crippen LogP contribution in [0, 0.1) is 0 Å². The molecule has 0 aliphatic rings. The molecule has 5 heteroatoms. The fourth-order valence-corrected chi connectivity index (χ4v) is 4.15. The zero-order valence-corrected chi connectivity index (χ0v) is 14.4. The van der Waals surface area contributed by atoms with Gasteiger partial charge in [-0.25, -0.2) is 13.1 Å². The first-order chi connectivity index (χ1) is 11.5. The van der Waals surface area contributed by atoms with Crippen LogP contribution in [0.5, 0.6) is 5.75 Å². The standard InChI is InChI=1S/C19H19NO3S/c1-14(15-10-12-17(23-2)13-11-15)20-24(21,22)19-9-5-7-16-6-3-4-8-18(16)19/h3-14,20H,1-2H3. The van der Waals surface area contributed by atoms with E-state index in [1.165, 1.54) is 0 Å². The van der Waals surface area contributed by atoms with Gasteiger partial charge in [0.25, 0.3) is 0 Å². The summed E-state index contributed by atoms with van der Waals surface area (Å²) in [7, 11) is -2.03. The van der Waals surface area contributed by atoms with Crippen LogP contribution in [-0.2, 0) is 10.0 Å². The third kappa shape index (κ3) is 3.27. The van der Waals surface area contributed by atoms with Gasteiger partial charge < -0.3 is 4.74 Å². The van der Waals surface area contributed by atoms with Gasteiger partial charge in [0, 0.05) is 11.4 Å². The van der Waals surface area contributed by atoms with E-state index in [4.69, 9.17) is 4.74 Å². The molecule has 0 saturated carbocycles. The quantitative estimate of drug-likeness (QED) is 0.766. The molecule has 0 spiro atoms. The lowest BCUT2D eigenvalue weighted by Crippen LogP contribution is -2.27. The van der Waals surface area contributed by atoms with Gasteiger partial charge in [-0.1, -0.05) is 48.5 Å². The number of hydrogen-bond acceptors (Lipinski definition) is 3. The minimum atomic E-state index is -3.63. The van der Waals surface area contributed by atoms with Crippen molar-refractivity contribution in [1.29, 1.82) is 0 Å². The van der Waals surface area contributed by atoms with Crippen LogP contribution in [0.2, 0.25) is 0 Å². The van der Waals surface area contributed by atoms with Crippen molar-refractivity contribution >= 4 is 20.8 Å². The Bertz CT molecular complexity index is 945. The van der Waals surface area contributed by atoms with Crippen molar-refractivity contribution in [2.24, 2.45) is 0 Å². The predicted octanol–water partition coefficient (Wildman–Crippen LogP) is 3.89. The molecule has 0 aliphatic heterocycles. The maximum absolute atomic E-state index is 12.8. The van der Waals surface area contributed by atoms with Gasteiger partial charge in [-0.3, -0.25) is 0 Å². The molecule has 124 valence electrons. The van der Waals surface area contributed by atoms with Crippen LogP contribution in [0.4, 0.5) is 0 Å². The van der Waals surface area contributed by atoms with Crippen LogP contribution >= 0.6 is 0 Å². The zero-order chi connectivity index (χ0) is 17.2. The number of hydrogen-bond donors (Lipinski definition) is 1. The lowest BCUT2D eigenvalue weighted by Gasteiger charge is -2.16. The van der Waals surface area contributed by atoms with Gasteiger partial charge in [-0.15, -0.1) is 0 Å². The van der Waals surface area contributed by atoms with Crippen LogP contribution in [-0.4, -0.2) is 15.5 Å². The highest BCUT2D eigenvalue weighted by molar-refractivity contribution is 7.89. The van der Waals surface area contributed by atoms with E-state index in [2.05, 4.69) is 4.72 Å². The molecule has 0 bridgehead atoms. The van der Waals surface area contributed by atoms with E-state index in [1.807, 2.05) is 61.5 Å². The number of sulfonamides is 1. The fraction of sp³-hybridized carbons (Fsp3) is 0.158. The molecular weight excluding hydrogens is 322 g/mol. The van der Waals surface area contributed by atoms with Crippen LogP contribution in [0.1, 0.15) is 18.5 Å². The van der Waals surface area contributed by atoms with Gasteiger partial charge in [0.2, 0.25) is 10.0 Å². The van der Waals surface area contributed by atoms with Gasteiger partial charge in [-0.2, -0.15) is 0 Å². The number of ether oxygens (including phenoxy) is 1. The molecule has 1 unspecified atom stereocenters. The van der Waals surface area contributed by atoms with Crippen LogP contribution in [0.25, 0.3) is 10.8 Å². The van der Waals surface area contributed by atoms with Gasteiger partial charge in [0.1, 0.15) is 5.75 Å². The van der Waals surface area contributed by atoms with E-state index in [0.717, 1.165) is 22.1 Å². The molecule has 0 radical (unpaired) electrons. The van der Waals surface area contributed by atoms with E-state index < -0.39 is 10.0 Å². The van der Waals surface area contributed by atoms with Crippen LogP contribution < -0.4 is 9.46 Å². The Balaban J connectivity index is 1.92. The number of nitrogens with one attached hydrogen (secondary N) is 1. The largest absolute Gasteiger partial charge is 0.497 e. The first-order valence-corrected chi connectivity index (χ1v) is 9.13. The van der Waals surface area contributed by atoms with Crippen LogP contribution in [0.15, 0.2) is 71.6 Å². The Hall–Kier alpha value is -2.37. The van der Waals surface area contributed by atoms with Crippen molar-refractivity contribution in [3.8, 4) is 5.75 Å². The van der Waals surface area contributed by atoms with E-state index in [0.29, 0.717) is 4.90 Å². The third-order valence-electron chi connectivity index (χ3n) is 3.99. The smallest absolute Gasteiger partial charge is 0.241 e. The topological polar surface area (TPSA) is 55.4 Å². The molecule has 0 heterocycles. The van der Waals surface area contributed by atoms with E-state index >= 15 is 0 Å². The zero-order valence-electron chi connectivity index (χ0n) is 13.6. The summed E-state index contributed by atoms with van der Waals surface area (Å²) in [6.07, 6.45) is 0. The summed E-state index contributed by atoms with van der Waals surface area (Å²) in [5.74, 6) is 0.739. The third-order valence-corrected chi connectivity index (χ3v) is 5.59. The summed E-state index contributed by atoms with van der Waals surface area (Å²) in [6, 6.07) is 19.8. The van der Waals surface area contributed by atoms with Gasteiger partial charge in [-0.05, 0) is 36.1 Å². The number of benzene rings is 3. The van der Waals surface area contributed by atoms with Crippen molar-refractivity contribution in [3.05, 3.63) is 72.3 Å². The van der Waals surface area contributed by atoms with E-state index in [9.17, 15) is 8.42 Å². The van der Waals surface area contributed by atoms with Crippen molar-refractivity contribution in [1.82, 2.24) is 4.72 Å². The summed E-state index contributed by atoms with van der Waals surface area (Å²) in [5, 5.41) is 1.62. The average Bonchev–Trinajstić information content (AvgIpc) is 2.61. The summed E-state index contributed by atoms with van der Waals surface area (Å²) in [5.41, 5.74) is 0.875. The lowest BCUT2D eigenvalue weighted by molar-refractivity contribution is 0.414. The fourth-order valence-electron chi connectivity index (χ4n) is 2.69. The lowest BCUT2D eigenvalue weighted by atomic mass is 10.1. The Morgan fingerprint density at radius 3 is 2.29 bits per heavy atom. The van der Waals surface area contributed by atoms with E-state index in [-0.39, 0.29) is 6.04 Å². The molecular formula is C19H19NO3S. The Morgan fingerprint density at radius 1 is 0.917 bits per heavy atom.